The molecule has 0 aromatic carbocycles. The second-order valence-corrected chi connectivity index (χ2v) is 7.79. The first-order chi connectivity index (χ1) is 12.4. The molecule has 0 bridgehead atoms. The van der Waals surface area contributed by atoms with Crippen molar-refractivity contribution in [3.05, 3.63) is 23.5 Å². The number of anilines is 1. The summed E-state index contributed by atoms with van der Waals surface area (Å²) in [5.74, 6) is 0.0747. The Kier molecular flexibility index (Phi) is 6.14. The van der Waals surface area contributed by atoms with Crippen LogP contribution in [0.2, 0.25) is 0 Å². The molecule has 0 radical (unpaired) electrons. The largest absolute Gasteiger partial charge is 0.369 e. The minimum Gasteiger partial charge on any atom is -0.369 e. The van der Waals surface area contributed by atoms with Gasteiger partial charge in [-0.1, -0.05) is 0 Å². The molecule has 3 rings (SSSR count). The minimum absolute atomic E-state index is 0.0703. The monoisotopic (exact) mass is 360 g/mol. The first kappa shape index (κ1) is 19.1. The van der Waals surface area contributed by atoms with Crippen molar-refractivity contribution in [2.24, 2.45) is 0 Å². The number of pyridine rings is 1. The summed E-state index contributed by atoms with van der Waals surface area (Å²) in [6, 6.07) is 4.43. The fourth-order valence-electron chi connectivity index (χ4n) is 3.79. The first-order valence-corrected chi connectivity index (χ1v) is 9.77. The van der Waals surface area contributed by atoms with Gasteiger partial charge in [-0.3, -0.25) is 9.78 Å². The smallest absolute Gasteiger partial charge is 0.249 e. The Morgan fingerprint density at radius 2 is 1.96 bits per heavy atom. The molecule has 26 heavy (non-hydrogen) atoms. The normalized spacial score (nSPS) is 21.7. The van der Waals surface area contributed by atoms with Crippen molar-refractivity contribution >= 4 is 11.6 Å². The summed E-state index contributed by atoms with van der Waals surface area (Å²) >= 11 is 0. The molecule has 0 saturated carbocycles. The molecule has 144 valence electrons. The van der Waals surface area contributed by atoms with Gasteiger partial charge in [0.15, 0.2) is 0 Å². The molecule has 6 nitrogen and oxygen atoms in total. The van der Waals surface area contributed by atoms with Crippen LogP contribution in [0.3, 0.4) is 0 Å². The van der Waals surface area contributed by atoms with E-state index in [2.05, 4.69) is 29.0 Å². The van der Waals surface area contributed by atoms with Gasteiger partial charge in [0.1, 0.15) is 6.61 Å². The summed E-state index contributed by atoms with van der Waals surface area (Å²) in [5, 5.41) is 0. The van der Waals surface area contributed by atoms with Crippen LogP contribution in [0.4, 0.5) is 5.69 Å². The minimum atomic E-state index is 0.0703. The molecule has 2 saturated heterocycles. The SMILES string of the molecule is Cc1cc(N2CCN(C)CC2)cc([C@H]2CCCN2C(=O)COC(C)C)n1. The van der Waals surface area contributed by atoms with Crippen molar-refractivity contribution in [2.45, 2.75) is 45.8 Å². The fourth-order valence-corrected chi connectivity index (χ4v) is 3.79. The molecule has 0 aliphatic carbocycles. The summed E-state index contributed by atoms with van der Waals surface area (Å²) in [7, 11) is 2.17. The topological polar surface area (TPSA) is 48.9 Å². The van der Waals surface area contributed by atoms with Crippen LogP contribution < -0.4 is 4.90 Å². The van der Waals surface area contributed by atoms with E-state index >= 15 is 0 Å². The lowest BCUT2D eigenvalue weighted by Gasteiger charge is -2.34. The Hall–Kier alpha value is -1.66. The van der Waals surface area contributed by atoms with Gasteiger partial charge in [0.2, 0.25) is 5.91 Å². The number of aromatic nitrogens is 1. The van der Waals surface area contributed by atoms with Crippen LogP contribution in [0, 0.1) is 6.92 Å². The van der Waals surface area contributed by atoms with E-state index in [1.165, 1.54) is 5.69 Å². The number of likely N-dealkylation sites (tertiary alicyclic amines) is 1. The molecule has 2 fully saturated rings. The molecular weight excluding hydrogens is 328 g/mol. The van der Waals surface area contributed by atoms with Crippen LogP contribution in [-0.4, -0.2) is 73.2 Å². The summed E-state index contributed by atoms with van der Waals surface area (Å²) in [6.45, 7) is 11.2. The van der Waals surface area contributed by atoms with E-state index < -0.39 is 0 Å². The van der Waals surface area contributed by atoms with Crippen molar-refractivity contribution in [3.63, 3.8) is 0 Å². The summed E-state index contributed by atoms with van der Waals surface area (Å²) in [6.07, 6.45) is 2.07. The lowest BCUT2D eigenvalue weighted by Crippen LogP contribution is -2.44. The maximum atomic E-state index is 12.6. The summed E-state index contributed by atoms with van der Waals surface area (Å²) in [4.78, 5) is 24.1. The Morgan fingerprint density at radius 3 is 2.65 bits per heavy atom. The van der Waals surface area contributed by atoms with E-state index in [-0.39, 0.29) is 24.7 Å². The van der Waals surface area contributed by atoms with Crippen molar-refractivity contribution in [2.75, 3.05) is 51.3 Å². The lowest BCUT2D eigenvalue weighted by atomic mass is 10.1. The Labute approximate surface area is 157 Å². The average Bonchev–Trinajstić information content (AvgIpc) is 3.09. The zero-order valence-corrected chi connectivity index (χ0v) is 16.6. The Morgan fingerprint density at radius 1 is 1.23 bits per heavy atom. The number of aryl methyl sites for hydroxylation is 1. The van der Waals surface area contributed by atoms with E-state index in [0.29, 0.717) is 0 Å². The second kappa shape index (κ2) is 8.35. The van der Waals surface area contributed by atoms with Gasteiger partial charge in [0, 0.05) is 44.1 Å². The molecule has 0 unspecified atom stereocenters. The number of carbonyl (C=O) groups is 1. The van der Waals surface area contributed by atoms with Crippen LogP contribution in [-0.2, 0) is 9.53 Å². The highest BCUT2D eigenvalue weighted by Crippen LogP contribution is 2.33. The van der Waals surface area contributed by atoms with Crippen molar-refractivity contribution in [3.8, 4) is 0 Å². The highest BCUT2D eigenvalue weighted by atomic mass is 16.5. The molecule has 1 amide bonds. The maximum Gasteiger partial charge on any atom is 0.249 e. The number of hydrogen-bond donors (Lipinski definition) is 0. The predicted octanol–water partition coefficient (Wildman–Crippen LogP) is 2.23. The molecule has 0 spiro atoms. The molecule has 1 atom stereocenters. The molecule has 6 heteroatoms. The number of ether oxygens (including phenoxy) is 1. The highest BCUT2D eigenvalue weighted by molar-refractivity contribution is 5.78. The van der Waals surface area contributed by atoms with Gasteiger partial charge < -0.3 is 19.4 Å². The maximum absolute atomic E-state index is 12.6. The van der Waals surface area contributed by atoms with Gasteiger partial charge in [-0.15, -0.1) is 0 Å². The number of carbonyl (C=O) groups excluding carboxylic acids is 1. The molecule has 2 aliphatic rings. The lowest BCUT2D eigenvalue weighted by molar-refractivity contribution is -0.138. The van der Waals surface area contributed by atoms with Crippen LogP contribution in [0.15, 0.2) is 12.1 Å². The molecule has 1 aromatic rings. The van der Waals surface area contributed by atoms with Gasteiger partial charge in [0.05, 0.1) is 17.8 Å². The zero-order valence-electron chi connectivity index (χ0n) is 16.6. The molecule has 1 aromatic heterocycles. The van der Waals surface area contributed by atoms with Gasteiger partial charge in [-0.05, 0) is 52.8 Å². The molecule has 2 aliphatic heterocycles. The molecule has 0 N–H and O–H groups in total. The van der Waals surface area contributed by atoms with Crippen molar-refractivity contribution < 1.29 is 9.53 Å². The van der Waals surface area contributed by atoms with Crippen LogP contribution in [0.25, 0.3) is 0 Å². The Balaban J connectivity index is 1.76. The number of nitrogens with zero attached hydrogens (tertiary/aromatic N) is 4. The van der Waals surface area contributed by atoms with Gasteiger partial charge >= 0.3 is 0 Å². The predicted molar refractivity (Wildman–Crippen MR) is 103 cm³/mol. The van der Waals surface area contributed by atoms with Crippen LogP contribution >= 0.6 is 0 Å². The van der Waals surface area contributed by atoms with Crippen LogP contribution in [0.5, 0.6) is 0 Å². The van der Waals surface area contributed by atoms with Gasteiger partial charge in [0.25, 0.3) is 0 Å². The zero-order chi connectivity index (χ0) is 18.7. The van der Waals surface area contributed by atoms with E-state index in [1.54, 1.807) is 0 Å². The number of likely N-dealkylation sites (N-methyl/N-ethyl adjacent to an activating group) is 1. The third-order valence-electron chi connectivity index (χ3n) is 5.28. The van der Waals surface area contributed by atoms with Crippen LogP contribution in [0.1, 0.15) is 44.1 Å². The van der Waals surface area contributed by atoms with E-state index in [0.717, 1.165) is 57.0 Å². The third-order valence-corrected chi connectivity index (χ3v) is 5.28. The van der Waals surface area contributed by atoms with Gasteiger partial charge in [-0.2, -0.15) is 0 Å². The third kappa shape index (κ3) is 4.54. The second-order valence-electron chi connectivity index (χ2n) is 7.79. The van der Waals surface area contributed by atoms with E-state index in [1.807, 2.05) is 25.7 Å². The Bertz CT molecular complexity index is 626. The number of piperazine rings is 1. The van der Waals surface area contributed by atoms with E-state index in [4.69, 9.17) is 9.72 Å². The average molecular weight is 361 g/mol. The summed E-state index contributed by atoms with van der Waals surface area (Å²) < 4.78 is 5.53. The standard InChI is InChI=1S/C20H32N4O2/c1-15(2)26-14-20(25)24-7-5-6-19(24)18-13-17(12-16(3)21-18)23-10-8-22(4)9-11-23/h12-13,15,19H,5-11,14H2,1-4H3/t19-/m1/s1. The fraction of sp³-hybridized carbons (Fsp3) is 0.700. The molecular formula is C20H32N4O2. The van der Waals surface area contributed by atoms with E-state index in [9.17, 15) is 4.79 Å². The quantitative estimate of drug-likeness (QED) is 0.806. The highest BCUT2D eigenvalue weighted by Gasteiger charge is 2.31. The number of amides is 1. The summed E-state index contributed by atoms with van der Waals surface area (Å²) in [5.41, 5.74) is 3.28. The van der Waals surface area contributed by atoms with Crippen molar-refractivity contribution in [1.82, 2.24) is 14.8 Å². The number of hydrogen-bond acceptors (Lipinski definition) is 5. The molecule has 3 heterocycles. The number of rotatable bonds is 5. The van der Waals surface area contributed by atoms with Gasteiger partial charge in [-0.25, -0.2) is 0 Å². The van der Waals surface area contributed by atoms with Crippen molar-refractivity contribution in [1.29, 1.82) is 0 Å². The first-order valence-electron chi connectivity index (χ1n) is 9.77.